The Hall–Kier alpha value is -2.47. The summed E-state index contributed by atoms with van der Waals surface area (Å²) >= 11 is 0. The second kappa shape index (κ2) is 8.11. The van der Waals surface area contributed by atoms with Crippen molar-refractivity contribution in [3.8, 4) is 5.69 Å². The number of hydrogen-bond acceptors (Lipinski definition) is 5. The summed E-state index contributed by atoms with van der Waals surface area (Å²) in [6, 6.07) is 10.2. The fourth-order valence-corrected chi connectivity index (χ4v) is 4.86. The van der Waals surface area contributed by atoms with E-state index in [1.54, 1.807) is 6.33 Å². The first-order chi connectivity index (χ1) is 14.3. The van der Waals surface area contributed by atoms with Crippen LogP contribution in [0.2, 0.25) is 0 Å². The number of rotatable bonds is 4. The van der Waals surface area contributed by atoms with E-state index in [1.807, 2.05) is 29.1 Å². The minimum absolute atomic E-state index is 0.714. The number of likely N-dealkylation sites (tertiary alicyclic amines) is 1. The van der Waals surface area contributed by atoms with Crippen LogP contribution in [0.5, 0.6) is 0 Å². The van der Waals surface area contributed by atoms with Crippen LogP contribution in [0.3, 0.4) is 0 Å². The highest BCUT2D eigenvalue weighted by Crippen LogP contribution is 2.29. The summed E-state index contributed by atoms with van der Waals surface area (Å²) in [7, 11) is 0. The molecule has 1 atom stereocenters. The predicted molar refractivity (Wildman–Crippen MR) is 116 cm³/mol. The Morgan fingerprint density at radius 1 is 1.00 bits per heavy atom. The molecule has 2 aromatic heterocycles. The van der Waals surface area contributed by atoms with Gasteiger partial charge in [-0.1, -0.05) is 25.1 Å². The monoisotopic (exact) mass is 390 g/mol. The summed E-state index contributed by atoms with van der Waals surface area (Å²) in [5, 5.41) is 5.67. The van der Waals surface area contributed by atoms with Gasteiger partial charge >= 0.3 is 0 Å². The van der Waals surface area contributed by atoms with Crippen LogP contribution in [0.1, 0.15) is 32.6 Å². The molecule has 29 heavy (non-hydrogen) atoms. The number of anilines is 1. The average Bonchev–Trinajstić information content (AvgIpc) is 3.20. The van der Waals surface area contributed by atoms with Crippen LogP contribution in [-0.2, 0) is 0 Å². The number of para-hydroxylation sites is 1. The first kappa shape index (κ1) is 18.6. The molecular formula is C23H30N6. The van der Waals surface area contributed by atoms with Gasteiger partial charge in [0, 0.05) is 19.6 Å². The fourth-order valence-electron chi connectivity index (χ4n) is 4.86. The van der Waals surface area contributed by atoms with Gasteiger partial charge in [-0.3, -0.25) is 0 Å². The molecule has 2 fully saturated rings. The molecule has 2 aliphatic heterocycles. The van der Waals surface area contributed by atoms with Gasteiger partial charge in [0.1, 0.15) is 12.1 Å². The highest BCUT2D eigenvalue weighted by molar-refractivity contribution is 5.87. The SMILES string of the molecule is CC1CCN(CC2CCCN(c3ncnc4c3cnn4-c3ccccc3)C2)CC1. The van der Waals surface area contributed by atoms with Crippen LogP contribution in [0.4, 0.5) is 5.82 Å². The van der Waals surface area contributed by atoms with Gasteiger partial charge in [0.15, 0.2) is 5.65 Å². The van der Waals surface area contributed by atoms with E-state index in [2.05, 4.69) is 43.9 Å². The molecule has 4 heterocycles. The van der Waals surface area contributed by atoms with Gasteiger partial charge in [-0.05, 0) is 62.7 Å². The summed E-state index contributed by atoms with van der Waals surface area (Å²) < 4.78 is 1.91. The molecule has 6 nitrogen and oxygen atoms in total. The third-order valence-corrected chi connectivity index (χ3v) is 6.56. The molecule has 0 amide bonds. The molecule has 1 unspecified atom stereocenters. The van der Waals surface area contributed by atoms with Crippen LogP contribution in [0.15, 0.2) is 42.9 Å². The Balaban J connectivity index is 1.36. The van der Waals surface area contributed by atoms with Crippen molar-refractivity contribution in [2.24, 2.45) is 11.8 Å². The molecule has 0 spiro atoms. The second-order valence-corrected chi connectivity index (χ2v) is 8.76. The molecule has 0 N–H and O–H groups in total. The molecule has 3 aromatic rings. The van der Waals surface area contributed by atoms with Gasteiger partial charge in [0.25, 0.3) is 0 Å². The first-order valence-corrected chi connectivity index (χ1v) is 11.0. The normalized spacial score (nSPS) is 21.7. The van der Waals surface area contributed by atoms with Gasteiger partial charge in [-0.15, -0.1) is 0 Å². The summed E-state index contributed by atoms with van der Waals surface area (Å²) in [5.74, 6) is 2.64. The predicted octanol–water partition coefficient (Wildman–Crippen LogP) is 3.76. The van der Waals surface area contributed by atoms with E-state index in [4.69, 9.17) is 0 Å². The summed E-state index contributed by atoms with van der Waals surface area (Å²) in [6.45, 7) is 8.28. The zero-order valence-electron chi connectivity index (χ0n) is 17.2. The molecule has 0 bridgehead atoms. The van der Waals surface area contributed by atoms with Crippen molar-refractivity contribution in [3.63, 3.8) is 0 Å². The van der Waals surface area contributed by atoms with E-state index in [0.717, 1.165) is 41.5 Å². The van der Waals surface area contributed by atoms with E-state index >= 15 is 0 Å². The van der Waals surface area contributed by atoms with Crippen LogP contribution in [0.25, 0.3) is 16.7 Å². The quantitative estimate of drug-likeness (QED) is 0.679. The van der Waals surface area contributed by atoms with Gasteiger partial charge < -0.3 is 9.80 Å². The van der Waals surface area contributed by atoms with E-state index in [1.165, 1.54) is 45.3 Å². The molecule has 152 valence electrons. The average molecular weight is 391 g/mol. The number of nitrogens with zero attached hydrogens (tertiary/aromatic N) is 6. The zero-order valence-corrected chi connectivity index (χ0v) is 17.2. The molecule has 0 saturated carbocycles. The molecule has 0 radical (unpaired) electrons. The van der Waals surface area contributed by atoms with Crippen LogP contribution in [0, 0.1) is 11.8 Å². The van der Waals surface area contributed by atoms with Crippen molar-refractivity contribution in [2.45, 2.75) is 32.6 Å². The second-order valence-electron chi connectivity index (χ2n) is 8.76. The largest absolute Gasteiger partial charge is 0.356 e. The van der Waals surface area contributed by atoms with Crippen molar-refractivity contribution in [1.29, 1.82) is 0 Å². The fraction of sp³-hybridized carbons (Fsp3) is 0.522. The lowest BCUT2D eigenvalue weighted by Gasteiger charge is -2.38. The van der Waals surface area contributed by atoms with E-state index in [9.17, 15) is 0 Å². The number of benzene rings is 1. The third kappa shape index (κ3) is 3.86. The maximum absolute atomic E-state index is 4.68. The maximum Gasteiger partial charge on any atom is 0.168 e. The lowest BCUT2D eigenvalue weighted by Crippen LogP contribution is -2.43. The smallest absolute Gasteiger partial charge is 0.168 e. The Morgan fingerprint density at radius 3 is 2.66 bits per heavy atom. The van der Waals surface area contributed by atoms with Crippen LogP contribution >= 0.6 is 0 Å². The van der Waals surface area contributed by atoms with Crippen molar-refractivity contribution >= 4 is 16.9 Å². The van der Waals surface area contributed by atoms with Gasteiger partial charge in [-0.25, -0.2) is 14.6 Å². The van der Waals surface area contributed by atoms with Gasteiger partial charge in [0.2, 0.25) is 0 Å². The van der Waals surface area contributed by atoms with Crippen LogP contribution < -0.4 is 4.90 Å². The summed E-state index contributed by atoms with van der Waals surface area (Å²) in [5.41, 5.74) is 1.91. The molecule has 6 heteroatoms. The maximum atomic E-state index is 4.68. The Kier molecular flexibility index (Phi) is 5.19. The number of piperidine rings is 2. The molecule has 2 aliphatic rings. The molecule has 2 saturated heterocycles. The van der Waals surface area contributed by atoms with Crippen molar-refractivity contribution < 1.29 is 0 Å². The summed E-state index contributed by atoms with van der Waals surface area (Å²) in [6.07, 6.45) is 8.86. The highest BCUT2D eigenvalue weighted by atomic mass is 15.3. The Labute approximate surface area is 172 Å². The minimum atomic E-state index is 0.714. The lowest BCUT2D eigenvalue weighted by molar-refractivity contribution is 0.159. The van der Waals surface area contributed by atoms with Gasteiger partial charge in [-0.2, -0.15) is 5.10 Å². The molecule has 0 aliphatic carbocycles. The van der Waals surface area contributed by atoms with Crippen molar-refractivity contribution in [3.05, 3.63) is 42.9 Å². The van der Waals surface area contributed by atoms with Crippen molar-refractivity contribution in [1.82, 2.24) is 24.6 Å². The number of aromatic nitrogens is 4. The number of fused-ring (bicyclic) bond motifs is 1. The van der Waals surface area contributed by atoms with Gasteiger partial charge in [0.05, 0.1) is 17.3 Å². The van der Waals surface area contributed by atoms with Crippen molar-refractivity contribution in [2.75, 3.05) is 37.6 Å². The Bertz CT molecular complexity index is 944. The molecular weight excluding hydrogens is 360 g/mol. The Morgan fingerprint density at radius 2 is 1.83 bits per heavy atom. The number of hydrogen-bond donors (Lipinski definition) is 0. The third-order valence-electron chi connectivity index (χ3n) is 6.56. The summed E-state index contributed by atoms with van der Waals surface area (Å²) in [4.78, 5) is 14.4. The molecule has 5 rings (SSSR count). The highest BCUT2D eigenvalue weighted by Gasteiger charge is 2.26. The van der Waals surface area contributed by atoms with E-state index in [-0.39, 0.29) is 0 Å². The van der Waals surface area contributed by atoms with E-state index in [0.29, 0.717) is 5.92 Å². The molecule has 1 aromatic carbocycles. The van der Waals surface area contributed by atoms with E-state index < -0.39 is 0 Å². The van der Waals surface area contributed by atoms with Crippen LogP contribution in [-0.4, -0.2) is 57.4 Å². The standard InChI is InChI=1S/C23H30N6/c1-18-9-12-27(13-10-18)15-19-6-5-11-28(16-19)22-21-14-26-29(23(21)25-17-24-22)20-7-3-2-4-8-20/h2-4,7-8,14,17-19H,5-6,9-13,15-16H2,1H3. The minimum Gasteiger partial charge on any atom is -0.356 e. The first-order valence-electron chi connectivity index (χ1n) is 11.0. The topological polar surface area (TPSA) is 50.1 Å². The lowest BCUT2D eigenvalue weighted by atomic mass is 9.94. The zero-order chi connectivity index (χ0) is 19.6.